The lowest BCUT2D eigenvalue weighted by molar-refractivity contribution is 0.0951. The smallest absolute Gasteiger partial charge is 0.269 e. The van der Waals surface area contributed by atoms with Gasteiger partial charge in [-0.25, -0.2) is 4.98 Å². The fourth-order valence-electron chi connectivity index (χ4n) is 1.95. The molecule has 6 nitrogen and oxygen atoms in total. The van der Waals surface area contributed by atoms with Gasteiger partial charge in [-0.15, -0.1) is 22.0 Å². The van der Waals surface area contributed by atoms with Crippen LogP contribution in [0.2, 0.25) is 0 Å². The van der Waals surface area contributed by atoms with Gasteiger partial charge in [0.05, 0.1) is 0 Å². The molecule has 1 amide bonds. The summed E-state index contributed by atoms with van der Waals surface area (Å²) in [5.74, 6) is 1.23. The van der Waals surface area contributed by atoms with Crippen molar-refractivity contribution in [2.75, 3.05) is 12.3 Å². The molecule has 0 aliphatic heterocycles. The van der Waals surface area contributed by atoms with Crippen LogP contribution in [0.4, 0.5) is 0 Å². The first-order valence-corrected chi connectivity index (χ1v) is 8.09. The lowest BCUT2D eigenvalue weighted by Crippen LogP contribution is -2.26. The Morgan fingerprint density at radius 3 is 2.61 bits per heavy atom. The molecular formula is C16H15N5OS. The van der Waals surface area contributed by atoms with Gasteiger partial charge in [0.25, 0.3) is 5.91 Å². The molecule has 2 heterocycles. The van der Waals surface area contributed by atoms with Crippen LogP contribution in [0, 0.1) is 0 Å². The van der Waals surface area contributed by atoms with E-state index >= 15 is 0 Å². The van der Waals surface area contributed by atoms with Gasteiger partial charge in [-0.05, 0) is 24.3 Å². The third kappa shape index (κ3) is 4.17. The van der Waals surface area contributed by atoms with Crippen molar-refractivity contribution in [1.82, 2.24) is 25.1 Å². The molecule has 2 aromatic heterocycles. The Balaban J connectivity index is 1.53. The minimum absolute atomic E-state index is 0.186. The molecule has 1 aromatic carbocycles. The zero-order valence-corrected chi connectivity index (χ0v) is 13.1. The molecule has 0 spiro atoms. The Hall–Kier alpha value is -2.67. The van der Waals surface area contributed by atoms with Gasteiger partial charge >= 0.3 is 0 Å². The highest BCUT2D eigenvalue weighted by Crippen LogP contribution is 2.15. The van der Waals surface area contributed by atoms with E-state index < -0.39 is 0 Å². The van der Waals surface area contributed by atoms with Crippen LogP contribution in [0.15, 0.2) is 66.1 Å². The molecule has 116 valence electrons. The zero-order chi connectivity index (χ0) is 15.9. The van der Waals surface area contributed by atoms with Crippen LogP contribution in [0.3, 0.4) is 0 Å². The number of carbonyl (C=O) groups is 1. The minimum Gasteiger partial charge on any atom is -0.350 e. The van der Waals surface area contributed by atoms with Gasteiger partial charge in [0, 0.05) is 17.2 Å². The second kappa shape index (κ2) is 7.55. The average Bonchev–Trinajstić information content (AvgIpc) is 3.14. The topological polar surface area (TPSA) is 72.7 Å². The second-order valence-electron chi connectivity index (χ2n) is 4.67. The first kappa shape index (κ1) is 15.2. The number of pyridine rings is 1. The summed E-state index contributed by atoms with van der Waals surface area (Å²) < 4.78 is 1.65. The van der Waals surface area contributed by atoms with Crippen LogP contribution in [0.25, 0.3) is 5.82 Å². The largest absolute Gasteiger partial charge is 0.350 e. The lowest BCUT2D eigenvalue weighted by atomic mass is 10.3. The molecule has 23 heavy (non-hydrogen) atoms. The summed E-state index contributed by atoms with van der Waals surface area (Å²) in [5.41, 5.74) is 0.376. The van der Waals surface area contributed by atoms with Crippen LogP contribution in [0.5, 0.6) is 0 Å². The summed E-state index contributed by atoms with van der Waals surface area (Å²) >= 11 is 1.70. The number of rotatable bonds is 6. The number of hydrogen-bond acceptors (Lipinski definition) is 5. The molecule has 7 heteroatoms. The maximum atomic E-state index is 12.2. The second-order valence-corrected chi connectivity index (χ2v) is 5.84. The Morgan fingerprint density at radius 2 is 1.83 bits per heavy atom. The van der Waals surface area contributed by atoms with Crippen LogP contribution in [-0.2, 0) is 0 Å². The molecule has 0 unspecified atom stereocenters. The summed E-state index contributed by atoms with van der Waals surface area (Å²) in [7, 11) is 0. The SMILES string of the molecule is O=C(NCCSc1ccccc1)c1cccc(-n2cnnc2)n1. The summed E-state index contributed by atoms with van der Waals surface area (Å²) in [6.07, 6.45) is 3.08. The molecule has 0 saturated heterocycles. The van der Waals surface area contributed by atoms with Gasteiger partial charge in [-0.3, -0.25) is 9.36 Å². The van der Waals surface area contributed by atoms with Gasteiger partial charge in [0.2, 0.25) is 0 Å². The average molecular weight is 325 g/mol. The molecule has 0 fully saturated rings. The van der Waals surface area contributed by atoms with E-state index in [-0.39, 0.29) is 5.91 Å². The normalized spacial score (nSPS) is 10.4. The van der Waals surface area contributed by atoms with Crippen LogP contribution >= 0.6 is 11.8 Å². The highest BCUT2D eigenvalue weighted by Gasteiger charge is 2.08. The molecular weight excluding hydrogens is 310 g/mol. The van der Waals surface area contributed by atoms with Crippen molar-refractivity contribution in [3.05, 3.63) is 66.9 Å². The van der Waals surface area contributed by atoms with Gasteiger partial charge in [0.1, 0.15) is 24.2 Å². The van der Waals surface area contributed by atoms with Crippen molar-refractivity contribution >= 4 is 17.7 Å². The Kier molecular flexibility index (Phi) is 5.00. The molecule has 0 bridgehead atoms. The van der Waals surface area contributed by atoms with E-state index in [1.807, 2.05) is 18.2 Å². The van der Waals surface area contributed by atoms with Crippen molar-refractivity contribution in [2.24, 2.45) is 0 Å². The number of amides is 1. The first-order chi connectivity index (χ1) is 11.3. The Labute approximate surface area is 138 Å². The molecule has 0 atom stereocenters. The van der Waals surface area contributed by atoms with Gasteiger partial charge in [-0.2, -0.15) is 0 Å². The van der Waals surface area contributed by atoms with Crippen molar-refractivity contribution < 1.29 is 4.79 Å². The van der Waals surface area contributed by atoms with E-state index in [9.17, 15) is 4.79 Å². The third-order valence-electron chi connectivity index (χ3n) is 3.05. The van der Waals surface area contributed by atoms with E-state index in [0.29, 0.717) is 18.1 Å². The monoisotopic (exact) mass is 325 g/mol. The molecule has 0 aliphatic carbocycles. The summed E-state index contributed by atoms with van der Waals surface area (Å²) in [4.78, 5) is 17.7. The van der Waals surface area contributed by atoms with Crippen LogP contribution in [0.1, 0.15) is 10.5 Å². The van der Waals surface area contributed by atoms with E-state index in [4.69, 9.17) is 0 Å². The van der Waals surface area contributed by atoms with E-state index in [1.165, 1.54) is 4.90 Å². The summed E-state index contributed by atoms with van der Waals surface area (Å²) in [5, 5.41) is 10.3. The van der Waals surface area contributed by atoms with Crippen LogP contribution in [-0.4, -0.2) is 38.0 Å². The number of hydrogen-bond donors (Lipinski definition) is 1. The van der Waals surface area contributed by atoms with Crippen molar-refractivity contribution in [3.63, 3.8) is 0 Å². The quantitative estimate of drug-likeness (QED) is 0.555. The van der Waals surface area contributed by atoms with Crippen molar-refractivity contribution in [2.45, 2.75) is 4.90 Å². The Morgan fingerprint density at radius 1 is 1.04 bits per heavy atom. The molecule has 3 rings (SSSR count). The first-order valence-electron chi connectivity index (χ1n) is 7.11. The number of benzene rings is 1. The molecule has 0 radical (unpaired) electrons. The number of nitrogens with one attached hydrogen (secondary N) is 1. The van der Waals surface area contributed by atoms with Crippen molar-refractivity contribution in [3.8, 4) is 5.82 Å². The van der Waals surface area contributed by atoms with Gasteiger partial charge in [-0.1, -0.05) is 24.3 Å². The number of aromatic nitrogens is 4. The maximum Gasteiger partial charge on any atom is 0.269 e. The van der Waals surface area contributed by atoms with Gasteiger partial charge in [0.15, 0.2) is 0 Å². The third-order valence-corrected chi connectivity index (χ3v) is 4.06. The molecule has 0 aliphatic rings. The standard InChI is InChI=1S/C16H15N5OS/c22-16(17-9-10-23-13-5-2-1-3-6-13)14-7-4-8-15(20-14)21-11-18-19-12-21/h1-8,11-12H,9-10H2,(H,17,22). The van der Waals surface area contributed by atoms with E-state index in [1.54, 1.807) is 47.2 Å². The van der Waals surface area contributed by atoms with Crippen molar-refractivity contribution in [1.29, 1.82) is 0 Å². The van der Waals surface area contributed by atoms with Gasteiger partial charge < -0.3 is 5.32 Å². The highest BCUT2D eigenvalue weighted by molar-refractivity contribution is 7.99. The molecule has 3 aromatic rings. The fourth-order valence-corrected chi connectivity index (χ4v) is 2.74. The highest BCUT2D eigenvalue weighted by atomic mass is 32.2. The fraction of sp³-hybridized carbons (Fsp3) is 0.125. The lowest BCUT2D eigenvalue weighted by Gasteiger charge is -2.06. The van der Waals surface area contributed by atoms with E-state index in [0.717, 1.165) is 5.75 Å². The number of thioether (sulfide) groups is 1. The number of carbonyl (C=O) groups excluding carboxylic acids is 1. The predicted molar refractivity (Wildman–Crippen MR) is 88.7 cm³/mol. The Bertz CT molecular complexity index is 761. The molecule has 1 N–H and O–H groups in total. The predicted octanol–water partition coefficient (Wildman–Crippen LogP) is 2.18. The zero-order valence-electron chi connectivity index (χ0n) is 12.3. The maximum absolute atomic E-state index is 12.2. The number of nitrogens with zero attached hydrogens (tertiary/aromatic N) is 4. The minimum atomic E-state index is -0.186. The summed E-state index contributed by atoms with van der Waals surface area (Å²) in [6.45, 7) is 0.580. The molecule has 0 saturated carbocycles. The summed E-state index contributed by atoms with van der Waals surface area (Å²) in [6, 6.07) is 15.4. The van der Waals surface area contributed by atoms with E-state index in [2.05, 4.69) is 32.6 Å². The van der Waals surface area contributed by atoms with Crippen LogP contribution < -0.4 is 5.32 Å².